The zero-order valence-electron chi connectivity index (χ0n) is 17.7. The van der Waals surface area contributed by atoms with Gasteiger partial charge in [-0.3, -0.25) is 14.6 Å². The van der Waals surface area contributed by atoms with Crippen molar-refractivity contribution in [3.05, 3.63) is 89.6 Å². The first-order chi connectivity index (χ1) is 15.6. The van der Waals surface area contributed by atoms with E-state index in [9.17, 15) is 0 Å². The number of halogens is 1. The molecule has 4 heterocycles. The third kappa shape index (κ3) is 4.05. The summed E-state index contributed by atoms with van der Waals surface area (Å²) in [5.74, 6) is 0.844. The summed E-state index contributed by atoms with van der Waals surface area (Å²) in [5, 5.41) is 6.07. The second kappa shape index (κ2) is 8.40. The van der Waals surface area contributed by atoms with Crippen molar-refractivity contribution in [2.45, 2.75) is 13.5 Å². The maximum Gasteiger partial charge on any atom is 0.131 e. The number of pyridine rings is 3. The van der Waals surface area contributed by atoms with Gasteiger partial charge >= 0.3 is 0 Å². The van der Waals surface area contributed by atoms with E-state index in [0.29, 0.717) is 11.7 Å². The number of rotatable bonds is 5. The van der Waals surface area contributed by atoms with Crippen LogP contribution in [0.5, 0.6) is 5.75 Å². The van der Waals surface area contributed by atoms with Crippen LogP contribution in [0.3, 0.4) is 0 Å². The molecule has 1 aromatic carbocycles. The molecule has 5 rings (SSSR count). The van der Waals surface area contributed by atoms with Crippen LogP contribution in [0.15, 0.2) is 73.3 Å². The zero-order chi connectivity index (χ0) is 22.1. The van der Waals surface area contributed by atoms with Crippen LogP contribution in [0.1, 0.15) is 11.1 Å². The molecule has 32 heavy (non-hydrogen) atoms. The number of fused-ring (bicyclic) bond motifs is 1. The smallest absolute Gasteiger partial charge is 0.131 e. The Morgan fingerprint density at radius 1 is 0.906 bits per heavy atom. The average molecular weight is 442 g/mol. The Balaban J connectivity index is 1.39. The van der Waals surface area contributed by atoms with E-state index in [4.69, 9.17) is 21.4 Å². The van der Waals surface area contributed by atoms with Crippen molar-refractivity contribution in [2.75, 3.05) is 7.11 Å². The van der Waals surface area contributed by atoms with E-state index in [1.54, 1.807) is 19.4 Å². The molecule has 158 valence electrons. The molecular formula is C25H20ClN5O. The molecule has 0 N–H and O–H groups in total. The summed E-state index contributed by atoms with van der Waals surface area (Å²) < 4.78 is 7.13. The van der Waals surface area contributed by atoms with Crippen LogP contribution in [0, 0.1) is 6.92 Å². The third-order valence-electron chi connectivity index (χ3n) is 5.36. The fraction of sp³-hybridized carbons (Fsp3) is 0.120. The molecule has 0 radical (unpaired) electrons. The largest absolute Gasteiger partial charge is 0.497 e. The van der Waals surface area contributed by atoms with Gasteiger partial charge in [0, 0.05) is 47.4 Å². The van der Waals surface area contributed by atoms with Crippen LogP contribution in [0.2, 0.25) is 5.15 Å². The highest BCUT2D eigenvalue weighted by atomic mass is 35.5. The Hall–Kier alpha value is -3.77. The third-order valence-corrected chi connectivity index (χ3v) is 5.57. The highest BCUT2D eigenvalue weighted by molar-refractivity contribution is 6.30. The lowest BCUT2D eigenvalue weighted by atomic mass is 10.0. The molecule has 0 atom stereocenters. The van der Waals surface area contributed by atoms with Crippen LogP contribution >= 0.6 is 11.6 Å². The summed E-state index contributed by atoms with van der Waals surface area (Å²) in [5.41, 5.74) is 6.75. The summed E-state index contributed by atoms with van der Waals surface area (Å²) in [6.45, 7) is 2.75. The summed E-state index contributed by atoms with van der Waals surface area (Å²) in [6.07, 6.45) is 7.42. The quantitative estimate of drug-likeness (QED) is 0.333. The normalized spacial score (nSPS) is 11.1. The van der Waals surface area contributed by atoms with Gasteiger partial charge in [-0.25, -0.2) is 4.98 Å². The molecule has 0 aliphatic carbocycles. The molecule has 4 aromatic heterocycles. The van der Waals surface area contributed by atoms with Crippen LogP contribution in [-0.4, -0.2) is 31.8 Å². The molecule has 5 aromatic rings. The summed E-state index contributed by atoms with van der Waals surface area (Å²) in [4.78, 5) is 13.3. The second-order valence-electron chi connectivity index (χ2n) is 7.55. The number of ether oxygens (including phenoxy) is 1. The van der Waals surface area contributed by atoms with Gasteiger partial charge in [0.15, 0.2) is 0 Å². The fourth-order valence-electron chi connectivity index (χ4n) is 3.65. The molecule has 6 nitrogen and oxygen atoms in total. The van der Waals surface area contributed by atoms with Crippen LogP contribution in [-0.2, 0) is 6.54 Å². The monoisotopic (exact) mass is 441 g/mol. The molecule has 7 heteroatoms. The first-order valence-electron chi connectivity index (χ1n) is 10.1. The first-order valence-corrected chi connectivity index (χ1v) is 10.5. The average Bonchev–Trinajstić information content (AvgIpc) is 3.28. The van der Waals surface area contributed by atoms with E-state index in [1.165, 1.54) is 0 Å². The summed E-state index contributed by atoms with van der Waals surface area (Å²) >= 11 is 5.96. The minimum Gasteiger partial charge on any atom is -0.497 e. The van der Waals surface area contributed by atoms with Gasteiger partial charge in [0.05, 0.1) is 24.9 Å². The maximum absolute atomic E-state index is 5.96. The number of methoxy groups -OCH3 is 1. The number of hydrogen-bond donors (Lipinski definition) is 0. The van der Waals surface area contributed by atoms with Crippen molar-refractivity contribution in [2.24, 2.45) is 0 Å². The molecule has 0 aliphatic rings. The highest BCUT2D eigenvalue weighted by Gasteiger charge is 2.10. The molecule has 0 saturated carbocycles. The minimum atomic E-state index is 0.436. The minimum absolute atomic E-state index is 0.436. The van der Waals surface area contributed by atoms with E-state index in [-0.39, 0.29) is 0 Å². The van der Waals surface area contributed by atoms with Crippen molar-refractivity contribution in [3.8, 4) is 28.3 Å². The first kappa shape index (κ1) is 20.2. The molecule has 0 saturated heterocycles. The van der Waals surface area contributed by atoms with E-state index >= 15 is 0 Å². The predicted octanol–water partition coefficient (Wildman–Crippen LogP) is 5.57. The van der Waals surface area contributed by atoms with Gasteiger partial charge in [0.25, 0.3) is 0 Å². The fourth-order valence-corrected chi connectivity index (χ4v) is 3.80. The second-order valence-corrected chi connectivity index (χ2v) is 7.94. The lowest BCUT2D eigenvalue weighted by Crippen LogP contribution is -2.00. The molecular weight excluding hydrogens is 422 g/mol. The Bertz CT molecular complexity index is 1410. The van der Waals surface area contributed by atoms with Crippen LogP contribution in [0.25, 0.3) is 33.4 Å². The maximum atomic E-state index is 5.96. The number of aryl methyl sites for hydroxylation is 1. The highest BCUT2D eigenvalue weighted by Crippen LogP contribution is 2.28. The molecule has 0 spiro atoms. The lowest BCUT2D eigenvalue weighted by molar-refractivity contribution is 0.414. The van der Waals surface area contributed by atoms with Gasteiger partial charge in [-0.1, -0.05) is 23.7 Å². The number of hydrogen-bond acceptors (Lipinski definition) is 5. The topological polar surface area (TPSA) is 65.7 Å². The molecule has 0 bridgehead atoms. The van der Waals surface area contributed by atoms with Crippen LogP contribution in [0.4, 0.5) is 0 Å². The number of nitrogens with zero attached hydrogens (tertiary/aromatic N) is 5. The molecule has 0 fully saturated rings. The van der Waals surface area contributed by atoms with Gasteiger partial charge in [0.1, 0.15) is 16.6 Å². The molecule has 0 amide bonds. The number of benzene rings is 1. The van der Waals surface area contributed by atoms with Crippen molar-refractivity contribution < 1.29 is 4.74 Å². The SMILES string of the molecule is COc1ccc(Cn2ccc(-c3cc(C)c(-c4cnc5cc(Cl)ncc5c4)cn3)n2)cc1. The Kier molecular flexibility index (Phi) is 5.29. The lowest BCUT2D eigenvalue weighted by Gasteiger charge is -2.08. The van der Waals surface area contributed by atoms with Crippen molar-refractivity contribution in [3.63, 3.8) is 0 Å². The number of aromatic nitrogens is 5. The van der Waals surface area contributed by atoms with Crippen molar-refractivity contribution >= 4 is 22.5 Å². The summed E-state index contributed by atoms with van der Waals surface area (Å²) in [7, 11) is 1.67. The van der Waals surface area contributed by atoms with Crippen LogP contribution < -0.4 is 4.74 Å². The van der Waals surface area contributed by atoms with E-state index in [2.05, 4.69) is 34.0 Å². The van der Waals surface area contributed by atoms with E-state index in [0.717, 1.165) is 50.3 Å². The Morgan fingerprint density at radius 3 is 2.53 bits per heavy atom. The molecule has 0 unspecified atom stereocenters. The Labute approximate surface area is 190 Å². The van der Waals surface area contributed by atoms with Gasteiger partial charge in [-0.2, -0.15) is 5.10 Å². The van der Waals surface area contributed by atoms with Gasteiger partial charge in [0.2, 0.25) is 0 Å². The Morgan fingerprint density at radius 2 is 1.75 bits per heavy atom. The summed E-state index contributed by atoms with van der Waals surface area (Å²) in [6, 6.07) is 15.8. The van der Waals surface area contributed by atoms with E-state index < -0.39 is 0 Å². The van der Waals surface area contributed by atoms with Gasteiger partial charge in [-0.15, -0.1) is 0 Å². The standard InChI is InChI=1S/C25H20ClN5O/c1-16-9-24(22-7-8-31(30-22)15-17-3-5-20(32-2)6-4-17)28-14-21(16)18-10-19-13-29-25(26)11-23(19)27-12-18/h3-14H,15H2,1-2H3. The van der Waals surface area contributed by atoms with E-state index in [1.807, 2.05) is 53.6 Å². The van der Waals surface area contributed by atoms with Gasteiger partial charge < -0.3 is 4.74 Å². The van der Waals surface area contributed by atoms with Crippen molar-refractivity contribution in [1.29, 1.82) is 0 Å². The predicted molar refractivity (Wildman–Crippen MR) is 126 cm³/mol. The zero-order valence-corrected chi connectivity index (χ0v) is 18.4. The van der Waals surface area contributed by atoms with Crippen molar-refractivity contribution in [1.82, 2.24) is 24.7 Å². The molecule has 0 aliphatic heterocycles. The van der Waals surface area contributed by atoms with Gasteiger partial charge in [-0.05, 0) is 48.4 Å².